The average molecular weight is 261 g/mol. The molecule has 0 aliphatic carbocycles. The van der Waals surface area contributed by atoms with Gasteiger partial charge >= 0.3 is 0 Å². The zero-order valence-corrected chi connectivity index (χ0v) is 10.9. The standard InChI is InChI=1S/C12H15N5O2/c1-8-9(3-13-11-15-7-16-17(8)11)10(18)14-4-12(2)5-19-6-12/h3,7H,4-6H2,1-2H3,(H,14,18). The van der Waals surface area contributed by atoms with Crippen molar-refractivity contribution < 1.29 is 9.53 Å². The molecule has 7 heteroatoms. The predicted molar refractivity (Wildman–Crippen MR) is 66.8 cm³/mol. The number of aryl methyl sites for hydroxylation is 1. The molecular weight excluding hydrogens is 246 g/mol. The Hall–Kier alpha value is -2.02. The quantitative estimate of drug-likeness (QED) is 0.853. The number of carbonyl (C=O) groups is 1. The molecule has 0 bridgehead atoms. The Bertz CT molecular complexity index is 632. The minimum absolute atomic E-state index is 0.0500. The van der Waals surface area contributed by atoms with Crippen LogP contribution in [0.5, 0.6) is 0 Å². The number of carbonyl (C=O) groups excluding carboxylic acids is 1. The fourth-order valence-corrected chi connectivity index (χ4v) is 2.05. The molecule has 1 amide bonds. The highest BCUT2D eigenvalue weighted by molar-refractivity contribution is 5.95. The van der Waals surface area contributed by atoms with E-state index in [1.165, 1.54) is 12.5 Å². The van der Waals surface area contributed by atoms with Crippen molar-refractivity contribution in [2.24, 2.45) is 5.41 Å². The molecular formula is C12H15N5O2. The second kappa shape index (κ2) is 4.27. The van der Waals surface area contributed by atoms with Crippen molar-refractivity contribution in [2.45, 2.75) is 13.8 Å². The number of rotatable bonds is 3. The van der Waals surface area contributed by atoms with E-state index in [2.05, 4.69) is 27.3 Å². The lowest BCUT2D eigenvalue weighted by Crippen LogP contribution is -2.48. The first-order valence-electron chi connectivity index (χ1n) is 6.10. The SMILES string of the molecule is Cc1c(C(=O)NCC2(C)COC2)cnc2ncnn12. The van der Waals surface area contributed by atoms with Crippen molar-refractivity contribution in [2.75, 3.05) is 19.8 Å². The smallest absolute Gasteiger partial charge is 0.254 e. The number of fused-ring (bicyclic) bond motifs is 1. The summed E-state index contributed by atoms with van der Waals surface area (Å²) < 4.78 is 6.72. The summed E-state index contributed by atoms with van der Waals surface area (Å²) in [5, 5.41) is 6.96. The lowest BCUT2D eigenvalue weighted by Gasteiger charge is -2.38. The van der Waals surface area contributed by atoms with Gasteiger partial charge in [-0.2, -0.15) is 10.1 Å². The van der Waals surface area contributed by atoms with Crippen LogP contribution in [0.15, 0.2) is 12.5 Å². The monoisotopic (exact) mass is 261 g/mol. The Morgan fingerprint density at radius 1 is 1.53 bits per heavy atom. The third kappa shape index (κ3) is 2.06. The second-order valence-corrected chi connectivity index (χ2v) is 5.22. The van der Waals surface area contributed by atoms with E-state index in [-0.39, 0.29) is 11.3 Å². The zero-order chi connectivity index (χ0) is 13.5. The summed E-state index contributed by atoms with van der Waals surface area (Å²) in [7, 11) is 0. The zero-order valence-electron chi connectivity index (χ0n) is 10.9. The maximum absolute atomic E-state index is 12.2. The van der Waals surface area contributed by atoms with E-state index in [1.54, 1.807) is 4.52 Å². The van der Waals surface area contributed by atoms with Crippen LogP contribution in [0.4, 0.5) is 0 Å². The molecule has 1 fully saturated rings. The molecule has 1 aliphatic heterocycles. The summed E-state index contributed by atoms with van der Waals surface area (Å²) >= 11 is 0. The Kier molecular flexibility index (Phi) is 2.70. The van der Waals surface area contributed by atoms with Gasteiger partial charge in [0.05, 0.1) is 24.5 Å². The summed E-state index contributed by atoms with van der Waals surface area (Å²) in [6.07, 6.45) is 2.96. The Labute approximate surface area is 110 Å². The van der Waals surface area contributed by atoms with Crippen LogP contribution in [-0.4, -0.2) is 45.2 Å². The van der Waals surface area contributed by atoms with Gasteiger partial charge in [-0.25, -0.2) is 9.50 Å². The van der Waals surface area contributed by atoms with Gasteiger partial charge in [0.2, 0.25) is 0 Å². The van der Waals surface area contributed by atoms with Crippen molar-refractivity contribution in [3.8, 4) is 0 Å². The van der Waals surface area contributed by atoms with E-state index in [1.807, 2.05) is 6.92 Å². The van der Waals surface area contributed by atoms with Crippen molar-refractivity contribution >= 4 is 11.7 Å². The summed E-state index contributed by atoms with van der Waals surface area (Å²) in [6, 6.07) is 0. The molecule has 19 heavy (non-hydrogen) atoms. The molecule has 7 nitrogen and oxygen atoms in total. The van der Waals surface area contributed by atoms with Crippen molar-refractivity contribution in [3.63, 3.8) is 0 Å². The highest BCUT2D eigenvalue weighted by atomic mass is 16.5. The van der Waals surface area contributed by atoms with E-state index in [0.717, 1.165) is 5.69 Å². The lowest BCUT2D eigenvalue weighted by atomic mass is 9.88. The number of aromatic nitrogens is 4. The minimum Gasteiger partial charge on any atom is -0.380 e. The molecule has 100 valence electrons. The minimum atomic E-state index is -0.143. The maximum Gasteiger partial charge on any atom is 0.254 e. The third-order valence-electron chi connectivity index (χ3n) is 3.37. The molecule has 0 atom stereocenters. The predicted octanol–water partition coefficient (Wildman–Crippen LogP) is 0.199. The van der Waals surface area contributed by atoms with E-state index < -0.39 is 0 Å². The summed E-state index contributed by atoms with van der Waals surface area (Å²) in [5.74, 6) is 0.351. The summed E-state index contributed by atoms with van der Waals surface area (Å²) in [6.45, 7) is 5.88. The topological polar surface area (TPSA) is 81.4 Å². The molecule has 1 N–H and O–H groups in total. The average Bonchev–Trinajstić information content (AvgIpc) is 2.83. The molecule has 3 heterocycles. The fourth-order valence-electron chi connectivity index (χ4n) is 2.05. The van der Waals surface area contributed by atoms with Gasteiger partial charge in [0.25, 0.3) is 11.7 Å². The lowest BCUT2D eigenvalue weighted by molar-refractivity contribution is -0.0978. The molecule has 1 aliphatic rings. The van der Waals surface area contributed by atoms with Crippen LogP contribution in [0.25, 0.3) is 5.78 Å². The van der Waals surface area contributed by atoms with Crippen molar-refractivity contribution in [1.29, 1.82) is 0 Å². The molecule has 0 aromatic carbocycles. The van der Waals surface area contributed by atoms with Crippen LogP contribution in [-0.2, 0) is 4.74 Å². The number of ether oxygens (including phenoxy) is 1. The number of nitrogens with one attached hydrogen (secondary N) is 1. The first-order chi connectivity index (χ1) is 9.09. The van der Waals surface area contributed by atoms with Gasteiger partial charge in [-0.05, 0) is 6.92 Å². The van der Waals surface area contributed by atoms with Gasteiger partial charge in [-0.3, -0.25) is 4.79 Å². The van der Waals surface area contributed by atoms with Crippen molar-refractivity contribution in [1.82, 2.24) is 24.9 Å². The number of nitrogens with zero attached hydrogens (tertiary/aromatic N) is 4. The van der Waals surface area contributed by atoms with Crippen LogP contribution < -0.4 is 5.32 Å². The van der Waals surface area contributed by atoms with Crippen LogP contribution in [0.2, 0.25) is 0 Å². The molecule has 0 unspecified atom stereocenters. The van der Waals surface area contributed by atoms with Crippen LogP contribution in [0.3, 0.4) is 0 Å². The number of hydrogen-bond acceptors (Lipinski definition) is 5. The van der Waals surface area contributed by atoms with Gasteiger partial charge in [-0.15, -0.1) is 0 Å². The number of hydrogen-bond donors (Lipinski definition) is 1. The third-order valence-corrected chi connectivity index (χ3v) is 3.37. The van der Waals surface area contributed by atoms with E-state index in [4.69, 9.17) is 4.74 Å². The van der Waals surface area contributed by atoms with E-state index in [0.29, 0.717) is 31.1 Å². The highest BCUT2D eigenvalue weighted by Gasteiger charge is 2.33. The van der Waals surface area contributed by atoms with Crippen molar-refractivity contribution in [3.05, 3.63) is 23.8 Å². The largest absolute Gasteiger partial charge is 0.380 e. The molecule has 3 rings (SSSR count). The molecule has 0 spiro atoms. The van der Waals surface area contributed by atoms with Crippen LogP contribution in [0, 0.1) is 12.3 Å². The summed E-state index contributed by atoms with van der Waals surface area (Å²) in [4.78, 5) is 20.2. The van der Waals surface area contributed by atoms with Gasteiger partial charge < -0.3 is 10.1 Å². The summed E-state index contributed by atoms with van der Waals surface area (Å²) in [5.41, 5.74) is 1.30. The van der Waals surface area contributed by atoms with Gasteiger partial charge in [0, 0.05) is 18.2 Å². The first-order valence-corrected chi connectivity index (χ1v) is 6.10. The maximum atomic E-state index is 12.2. The molecule has 1 saturated heterocycles. The van der Waals surface area contributed by atoms with Gasteiger partial charge in [0.15, 0.2) is 0 Å². The number of amides is 1. The van der Waals surface area contributed by atoms with E-state index >= 15 is 0 Å². The second-order valence-electron chi connectivity index (χ2n) is 5.22. The van der Waals surface area contributed by atoms with Crippen LogP contribution >= 0.6 is 0 Å². The highest BCUT2D eigenvalue weighted by Crippen LogP contribution is 2.25. The van der Waals surface area contributed by atoms with E-state index in [9.17, 15) is 4.79 Å². The van der Waals surface area contributed by atoms with Gasteiger partial charge in [-0.1, -0.05) is 6.92 Å². The van der Waals surface area contributed by atoms with Crippen LogP contribution in [0.1, 0.15) is 23.0 Å². The Morgan fingerprint density at radius 2 is 2.32 bits per heavy atom. The molecule has 0 saturated carbocycles. The Morgan fingerprint density at radius 3 is 3.00 bits per heavy atom. The molecule has 2 aromatic heterocycles. The Balaban J connectivity index is 1.79. The normalized spacial score (nSPS) is 17.2. The first kappa shape index (κ1) is 12.0. The van der Waals surface area contributed by atoms with Gasteiger partial charge in [0.1, 0.15) is 6.33 Å². The molecule has 2 aromatic rings. The fraction of sp³-hybridized carbons (Fsp3) is 0.500. The molecule has 0 radical (unpaired) electrons.